The summed E-state index contributed by atoms with van der Waals surface area (Å²) in [5.41, 5.74) is 10.4. The molecule has 8 heteroatoms. The first kappa shape index (κ1) is 19.6. The minimum absolute atomic E-state index is 0.125. The summed E-state index contributed by atoms with van der Waals surface area (Å²) < 4.78 is 7.62. The van der Waals surface area contributed by atoms with Crippen molar-refractivity contribution in [2.24, 2.45) is 7.05 Å². The fraction of sp³-hybridized carbons (Fsp3) is 0.190. The molecular weight excluding hydrogens is 404 g/mol. The van der Waals surface area contributed by atoms with Gasteiger partial charge in [0.15, 0.2) is 0 Å². The number of fused-ring (bicyclic) bond motifs is 1. The van der Waals surface area contributed by atoms with Crippen molar-refractivity contribution in [1.82, 2.24) is 14.5 Å². The molecule has 0 spiro atoms. The SMILES string of the molecule is COCCSc1sc2nc(-c3cc(=O)n(C)cn3)cc(-c3ccccc3)c2c1N. The number of ether oxygens (including phenoxy) is 1. The molecule has 0 aliphatic rings. The first-order chi connectivity index (χ1) is 14.1. The van der Waals surface area contributed by atoms with Crippen LogP contribution in [-0.2, 0) is 11.8 Å². The number of pyridine rings is 1. The van der Waals surface area contributed by atoms with Crippen molar-refractivity contribution >= 4 is 39.0 Å². The van der Waals surface area contributed by atoms with Crippen molar-refractivity contribution < 1.29 is 4.74 Å². The lowest BCUT2D eigenvalue weighted by Crippen LogP contribution is -2.15. The highest BCUT2D eigenvalue weighted by Crippen LogP contribution is 2.44. The highest BCUT2D eigenvalue weighted by molar-refractivity contribution is 8.01. The van der Waals surface area contributed by atoms with Gasteiger partial charge in [-0.3, -0.25) is 4.79 Å². The number of nitrogens with zero attached hydrogens (tertiary/aromatic N) is 3. The van der Waals surface area contributed by atoms with Crippen LogP contribution in [0.2, 0.25) is 0 Å². The molecule has 4 rings (SSSR count). The minimum atomic E-state index is -0.125. The van der Waals surface area contributed by atoms with Crippen molar-refractivity contribution in [3.8, 4) is 22.5 Å². The number of benzene rings is 1. The fourth-order valence-corrected chi connectivity index (χ4v) is 5.27. The second-order valence-corrected chi connectivity index (χ2v) is 8.83. The number of hydrogen-bond donors (Lipinski definition) is 1. The van der Waals surface area contributed by atoms with Crippen molar-refractivity contribution in [3.05, 3.63) is 59.1 Å². The van der Waals surface area contributed by atoms with E-state index in [0.717, 1.165) is 37.0 Å². The van der Waals surface area contributed by atoms with Crippen LogP contribution in [0.25, 0.3) is 32.7 Å². The van der Waals surface area contributed by atoms with Gasteiger partial charge in [0.05, 0.1) is 34.2 Å². The van der Waals surface area contributed by atoms with Crippen LogP contribution in [0.1, 0.15) is 0 Å². The molecule has 148 valence electrons. The van der Waals surface area contributed by atoms with Crippen LogP contribution in [0, 0.1) is 0 Å². The normalized spacial score (nSPS) is 11.2. The number of rotatable bonds is 6. The quantitative estimate of drug-likeness (QED) is 0.371. The van der Waals surface area contributed by atoms with E-state index in [2.05, 4.69) is 4.98 Å². The highest BCUT2D eigenvalue weighted by Gasteiger charge is 2.18. The summed E-state index contributed by atoms with van der Waals surface area (Å²) in [6.07, 6.45) is 1.51. The Morgan fingerprint density at radius 3 is 2.72 bits per heavy atom. The van der Waals surface area contributed by atoms with Gasteiger partial charge in [-0.25, -0.2) is 9.97 Å². The van der Waals surface area contributed by atoms with E-state index in [4.69, 9.17) is 15.5 Å². The maximum Gasteiger partial charge on any atom is 0.253 e. The zero-order valence-electron chi connectivity index (χ0n) is 16.1. The summed E-state index contributed by atoms with van der Waals surface area (Å²) in [4.78, 5) is 22.1. The van der Waals surface area contributed by atoms with Gasteiger partial charge in [-0.05, 0) is 17.2 Å². The van der Waals surface area contributed by atoms with Crippen LogP contribution < -0.4 is 11.3 Å². The summed E-state index contributed by atoms with van der Waals surface area (Å²) >= 11 is 3.23. The van der Waals surface area contributed by atoms with Crippen molar-refractivity contribution in [3.63, 3.8) is 0 Å². The number of aryl methyl sites for hydroxylation is 1. The van der Waals surface area contributed by atoms with E-state index in [-0.39, 0.29) is 5.56 Å². The second kappa shape index (κ2) is 8.36. The zero-order chi connectivity index (χ0) is 20.4. The van der Waals surface area contributed by atoms with Gasteiger partial charge in [-0.15, -0.1) is 23.1 Å². The third kappa shape index (κ3) is 3.91. The third-order valence-corrected chi connectivity index (χ3v) is 6.86. The molecule has 0 saturated heterocycles. The van der Waals surface area contributed by atoms with Crippen LogP contribution in [0.15, 0.2) is 57.8 Å². The fourth-order valence-electron chi connectivity index (χ4n) is 3.00. The lowest BCUT2D eigenvalue weighted by atomic mass is 10.0. The van der Waals surface area contributed by atoms with Gasteiger partial charge in [-0.2, -0.15) is 0 Å². The summed E-state index contributed by atoms with van der Waals surface area (Å²) in [6.45, 7) is 0.653. The summed E-state index contributed by atoms with van der Waals surface area (Å²) in [5.74, 6) is 0.817. The molecule has 0 amide bonds. The number of methoxy groups -OCH3 is 1. The van der Waals surface area contributed by atoms with E-state index < -0.39 is 0 Å². The molecule has 0 aliphatic heterocycles. The van der Waals surface area contributed by atoms with Gasteiger partial charge in [-0.1, -0.05) is 30.3 Å². The Morgan fingerprint density at radius 1 is 1.21 bits per heavy atom. The van der Waals surface area contributed by atoms with Crippen molar-refractivity contribution in [1.29, 1.82) is 0 Å². The molecule has 0 radical (unpaired) electrons. The first-order valence-corrected chi connectivity index (χ1v) is 10.8. The molecule has 3 aromatic heterocycles. The Bertz CT molecular complexity index is 1220. The number of thioether (sulfide) groups is 1. The Labute approximate surface area is 176 Å². The highest BCUT2D eigenvalue weighted by atomic mass is 32.2. The van der Waals surface area contributed by atoms with Gasteiger partial charge in [0.1, 0.15) is 4.83 Å². The van der Waals surface area contributed by atoms with E-state index in [0.29, 0.717) is 18.0 Å². The molecule has 4 aromatic rings. The second-order valence-electron chi connectivity index (χ2n) is 6.47. The molecule has 1 aromatic carbocycles. The van der Waals surface area contributed by atoms with E-state index in [1.54, 1.807) is 37.3 Å². The Balaban J connectivity index is 1.92. The summed E-state index contributed by atoms with van der Waals surface area (Å²) in [7, 11) is 3.36. The van der Waals surface area contributed by atoms with Crippen LogP contribution >= 0.6 is 23.1 Å². The van der Waals surface area contributed by atoms with Gasteiger partial charge in [0.2, 0.25) is 0 Å². The molecule has 2 N–H and O–H groups in total. The van der Waals surface area contributed by atoms with Crippen LogP contribution in [0.4, 0.5) is 5.69 Å². The maximum atomic E-state index is 12.1. The Hall–Kier alpha value is -2.68. The topological polar surface area (TPSA) is 83.0 Å². The summed E-state index contributed by atoms with van der Waals surface area (Å²) in [6, 6.07) is 13.5. The number of aromatic nitrogens is 3. The van der Waals surface area contributed by atoms with Crippen LogP contribution in [0.5, 0.6) is 0 Å². The molecule has 3 heterocycles. The number of thiophene rings is 1. The van der Waals surface area contributed by atoms with Crippen LogP contribution in [0.3, 0.4) is 0 Å². The number of nitrogen functional groups attached to an aromatic ring is 1. The molecule has 0 atom stereocenters. The third-order valence-electron chi connectivity index (χ3n) is 4.51. The first-order valence-electron chi connectivity index (χ1n) is 9.01. The molecule has 29 heavy (non-hydrogen) atoms. The number of anilines is 1. The predicted molar refractivity (Wildman–Crippen MR) is 121 cm³/mol. The average molecular weight is 425 g/mol. The number of hydrogen-bond acceptors (Lipinski definition) is 7. The van der Waals surface area contributed by atoms with Gasteiger partial charge in [0.25, 0.3) is 5.56 Å². The van der Waals surface area contributed by atoms with Crippen molar-refractivity contribution in [2.75, 3.05) is 25.2 Å². The van der Waals surface area contributed by atoms with Gasteiger partial charge in [0, 0.05) is 31.4 Å². The minimum Gasteiger partial charge on any atom is -0.397 e. The lowest BCUT2D eigenvalue weighted by Gasteiger charge is -2.08. The summed E-state index contributed by atoms with van der Waals surface area (Å²) in [5, 5.41) is 0.939. The zero-order valence-corrected chi connectivity index (χ0v) is 17.7. The maximum absolute atomic E-state index is 12.1. The van der Waals surface area contributed by atoms with Crippen molar-refractivity contribution in [2.45, 2.75) is 4.21 Å². The van der Waals surface area contributed by atoms with E-state index in [1.165, 1.54) is 17.0 Å². The Morgan fingerprint density at radius 2 is 2.00 bits per heavy atom. The molecular formula is C21H20N4O2S2. The Kier molecular flexibility index (Phi) is 5.66. The standard InChI is InChI=1S/C21H20N4O2S2/c1-25-12-23-15(11-17(25)26)16-10-14(13-6-4-3-5-7-13)18-19(22)21(28-9-8-27-2)29-20(18)24-16/h3-7,10-12H,8-9,22H2,1-2H3. The predicted octanol–water partition coefficient (Wildman–Crippen LogP) is 4.04. The molecule has 0 fully saturated rings. The molecule has 0 aliphatic carbocycles. The van der Waals surface area contributed by atoms with E-state index >= 15 is 0 Å². The molecule has 0 bridgehead atoms. The van der Waals surface area contributed by atoms with Gasteiger partial charge >= 0.3 is 0 Å². The van der Waals surface area contributed by atoms with Gasteiger partial charge < -0.3 is 15.0 Å². The molecule has 6 nitrogen and oxygen atoms in total. The van der Waals surface area contributed by atoms with E-state index in [9.17, 15) is 4.79 Å². The van der Waals surface area contributed by atoms with Crippen LogP contribution in [-0.4, -0.2) is 34.0 Å². The molecule has 0 unspecified atom stereocenters. The lowest BCUT2D eigenvalue weighted by molar-refractivity contribution is 0.218. The monoisotopic (exact) mass is 424 g/mol. The largest absolute Gasteiger partial charge is 0.397 e. The number of nitrogens with two attached hydrogens (primary N) is 1. The smallest absolute Gasteiger partial charge is 0.253 e. The van der Waals surface area contributed by atoms with E-state index in [1.807, 2.05) is 36.4 Å². The molecule has 0 saturated carbocycles. The average Bonchev–Trinajstić information content (AvgIpc) is 3.06.